The zero-order chi connectivity index (χ0) is 7.98. The monoisotopic (exact) mass is 178 g/mol. The molecule has 1 unspecified atom stereocenters. The van der Waals surface area contributed by atoms with E-state index in [4.69, 9.17) is 10.7 Å². The van der Waals surface area contributed by atoms with Gasteiger partial charge in [0.2, 0.25) is 0 Å². The van der Waals surface area contributed by atoms with Crippen LogP contribution in [0.25, 0.3) is 0 Å². The van der Waals surface area contributed by atoms with Gasteiger partial charge in [0.05, 0.1) is 0 Å². The van der Waals surface area contributed by atoms with Gasteiger partial charge in [-0.15, -0.1) is 6.58 Å². The molecule has 0 saturated heterocycles. The molecule has 0 nitrogen and oxygen atoms in total. The Morgan fingerprint density at radius 3 is 2.50 bits per heavy atom. The molecule has 0 amide bonds. The summed E-state index contributed by atoms with van der Waals surface area (Å²) in [5.74, 6) is 2.44. The van der Waals surface area contributed by atoms with Crippen molar-refractivity contribution in [2.75, 3.05) is 5.75 Å². The van der Waals surface area contributed by atoms with Crippen molar-refractivity contribution in [3.05, 3.63) is 12.7 Å². The Labute approximate surface area is 72.5 Å². The quantitative estimate of drug-likeness (QED) is 0.579. The molecule has 0 spiro atoms. The highest BCUT2D eigenvalue weighted by Crippen LogP contribution is 2.22. The van der Waals surface area contributed by atoms with Crippen molar-refractivity contribution >= 4 is 21.7 Å². The SMILES string of the molecule is C=CCC(CSCl)C(C)C. The molecule has 0 fully saturated rings. The first kappa shape index (κ1) is 10.4. The van der Waals surface area contributed by atoms with Gasteiger partial charge in [0.15, 0.2) is 0 Å². The molecule has 0 aromatic carbocycles. The minimum Gasteiger partial charge on any atom is -0.103 e. The lowest BCUT2D eigenvalue weighted by Crippen LogP contribution is -2.09. The molecule has 0 aliphatic rings. The van der Waals surface area contributed by atoms with E-state index in [0.717, 1.165) is 12.2 Å². The molecular weight excluding hydrogens is 164 g/mol. The largest absolute Gasteiger partial charge is 0.103 e. The summed E-state index contributed by atoms with van der Waals surface area (Å²) in [6, 6.07) is 0. The molecule has 0 aliphatic carbocycles. The molecule has 2 heteroatoms. The first-order valence-corrected chi connectivity index (χ1v) is 5.38. The van der Waals surface area contributed by atoms with Crippen LogP contribution < -0.4 is 0 Å². The lowest BCUT2D eigenvalue weighted by atomic mass is 9.95. The van der Waals surface area contributed by atoms with Crippen molar-refractivity contribution in [3.63, 3.8) is 0 Å². The Morgan fingerprint density at radius 2 is 2.20 bits per heavy atom. The fraction of sp³-hybridized carbons (Fsp3) is 0.750. The van der Waals surface area contributed by atoms with Crippen molar-refractivity contribution in [2.45, 2.75) is 20.3 Å². The Hall–Kier alpha value is 0.380. The van der Waals surface area contributed by atoms with E-state index in [0.29, 0.717) is 11.8 Å². The maximum atomic E-state index is 5.56. The smallest absolute Gasteiger partial charge is 0.0119 e. The molecule has 0 aromatic heterocycles. The predicted molar refractivity (Wildman–Crippen MR) is 51.5 cm³/mol. The van der Waals surface area contributed by atoms with Gasteiger partial charge in [-0.1, -0.05) is 30.9 Å². The van der Waals surface area contributed by atoms with Gasteiger partial charge in [0.1, 0.15) is 0 Å². The fourth-order valence-corrected chi connectivity index (χ4v) is 2.00. The van der Waals surface area contributed by atoms with Gasteiger partial charge in [0, 0.05) is 5.75 Å². The summed E-state index contributed by atoms with van der Waals surface area (Å²) in [7, 11) is 6.96. The molecule has 0 heterocycles. The van der Waals surface area contributed by atoms with E-state index >= 15 is 0 Å². The Bertz CT molecular complexity index is 91.3. The van der Waals surface area contributed by atoms with Crippen LogP contribution in [0.5, 0.6) is 0 Å². The minimum absolute atomic E-state index is 0.694. The van der Waals surface area contributed by atoms with E-state index in [-0.39, 0.29) is 0 Å². The molecule has 0 saturated carbocycles. The molecule has 0 rings (SSSR count). The van der Waals surface area contributed by atoms with Crippen molar-refractivity contribution in [2.24, 2.45) is 11.8 Å². The van der Waals surface area contributed by atoms with Gasteiger partial charge < -0.3 is 0 Å². The van der Waals surface area contributed by atoms with Gasteiger partial charge in [-0.25, -0.2) is 0 Å². The maximum absolute atomic E-state index is 5.56. The van der Waals surface area contributed by atoms with Crippen molar-refractivity contribution in [1.29, 1.82) is 0 Å². The molecule has 60 valence electrons. The molecule has 0 radical (unpaired) electrons. The molecular formula is C8H15ClS. The summed E-state index contributed by atoms with van der Waals surface area (Å²) < 4.78 is 0. The molecule has 1 atom stereocenters. The van der Waals surface area contributed by atoms with Crippen LogP contribution in [-0.4, -0.2) is 5.75 Å². The van der Waals surface area contributed by atoms with Crippen molar-refractivity contribution < 1.29 is 0 Å². The van der Waals surface area contributed by atoms with Gasteiger partial charge in [-0.2, -0.15) is 0 Å². The Balaban J connectivity index is 3.60. The zero-order valence-corrected chi connectivity index (χ0v) is 8.21. The van der Waals surface area contributed by atoms with Crippen LogP contribution in [0.4, 0.5) is 0 Å². The lowest BCUT2D eigenvalue weighted by Gasteiger charge is -2.16. The zero-order valence-electron chi connectivity index (χ0n) is 6.64. The number of halogens is 1. The number of hydrogen-bond donors (Lipinski definition) is 0. The van der Waals surface area contributed by atoms with Crippen LogP contribution in [0.3, 0.4) is 0 Å². The predicted octanol–water partition coefficient (Wildman–Crippen LogP) is 3.72. The number of allylic oxidation sites excluding steroid dienone is 1. The fourth-order valence-electron chi connectivity index (χ4n) is 0.828. The van der Waals surface area contributed by atoms with Gasteiger partial charge in [0.25, 0.3) is 0 Å². The van der Waals surface area contributed by atoms with E-state index in [2.05, 4.69) is 20.4 Å². The standard InChI is InChI=1S/C8H15ClS/c1-4-5-8(6-10-9)7(2)3/h4,7-8H,1,5-6H2,2-3H3. The summed E-state index contributed by atoms with van der Waals surface area (Å²) in [5.41, 5.74) is 0. The average Bonchev–Trinajstić information content (AvgIpc) is 1.87. The normalized spacial score (nSPS) is 13.6. The molecule has 0 aromatic rings. The summed E-state index contributed by atoms with van der Waals surface area (Å²) in [6.45, 7) is 8.16. The second-order valence-electron chi connectivity index (χ2n) is 2.80. The lowest BCUT2D eigenvalue weighted by molar-refractivity contribution is 0.432. The third kappa shape index (κ3) is 4.24. The average molecular weight is 179 g/mol. The van der Waals surface area contributed by atoms with E-state index in [1.54, 1.807) is 0 Å². The summed E-state index contributed by atoms with van der Waals surface area (Å²) >= 11 is 0. The third-order valence-corrected chi connectivity index (χ3v) is 2.62. The van der Waals surface area contributed by atoms with Crippen LogP contribution in [0.2, 0.25) is 0 Å². The molecule has 0 bridgehead atoms. The van der Waals surface area contributed by atoms with Gasteiger partial charge in [-0.3, -0.25) is 0 Å². The molecule has 0 aliphatic heterocycles. The topological polar surface area (TPSA) is 0 Å². The van der Waals surface area contributed by atoms with Crippen molar-refractivity contribution in [3.8, 4) is 0 Å². The summed E-state index contributed by atoms with van der Waals surface area (Å²) in [5, 5.41) is 0. The van der Waals surface area contributed by atoms with Crippen LogP contribution in [0.1, 0.15) is 20.3 Å². The van der Waals surface area contributed by atoms with Crippen LogP contribution in [-0.2, 0) is 0 Å². The van der Waals surface area contributed by atoms with Crippen LogP contribution in [0, 0.1) is 11.8 Å². The highest BCUT2D eigenvalue weighted by Gasteiger charge is 2.10. The number of rotatable bonds is 5. The second kappa shape index (κ2) is 6.11. The van der Waals surface area contributed by atoms with E-state index in [9.17, 15) is 0 Å². The first-order chi connectivity index (χ1) is 4.72. The third-order valence-electron chi connectivity index (χ3n) is 1.69. The Kier molecular flexibility index (Phi) is 6.35. The molecule has 0 N–H and O–H groups in total. The van der Waals surface area contributed by atoms with E-state index < -0.39 is 0 Å². The van der Waals surface area contributed by atoms with Gasteiger partial charge >= 0.3 is 0 Å². The second-order valence-corrected chi connectivity index (χ2v) is 4.01. The van der Waals surface area contributed by atoms with Crippen LogP contribution in [0.15, 0.2) is 12.7 Å². The van der Waals surface area contributed by atoms with E-state index in [1.807, 2.05) is 6.08 Å². The van der Waals surface area contributed by atoms with E-state index in [1.165, 1.54) is 11.0 Å². The highest BCUT2D eigenvalue weighted by molar-refractivity contribution is 8.21. The molecule has 10 heavy (non-hydrogen) atoms. The minimum atomic E-state index is 0.694. The maximum Gasteiger partial charge on any atom is 0.0119 e. The van der Waals surface area contributed by atoms with Crippen LogP contribution >= 0.6 is 21.7 Å². The first-order valence-electron chi connectivity index (χ1n) is 3.56. The Morgan fingerprint density at radius 1 is 1.60 bits per heavy atom. The highest BCUT2D eigenvalue weighted by atomic mass is 35.7. The summed E-state index contributed by atoms with van der Waals surface area (Å²) in [6.07, 6.45) is 3.05. The number of hydrogen-bond acceptors (Lipinski definition) is 1. The van der Waals surface area contributed by atoms with Gasteiger partial charge in [-0.05, 0) is 28.9 Å². The summed E-state index contributed by atoms with van der Waals surface area (Å²) in [4.78, 5) is 0. The van der Waals surface area contributed by atoms with Crippen molar-refractivity contribution in [1.82, 2.24) is 0 Å².